The Hall–Kier alpha value is -3.56. The van der Waals surface area contributed by atoms with Crippen molar-refractivity contribution >= 4 is 38.2 Å². The molecule has 194 valence electrons. The topological polar surface area (TPSA) is 131 Å². The lowest BCUT2D eigenvalue weighted by Crippen LogP contribution is -2.36. The Morgan fingerprint density at radius 2 is 1.73 bits per heavy atom. The van der Waals surface area contributed by atoms with Crippen molar-refractivity contribution in [2.75, 3.05) is 5.32 Å². The summed E-state index contributed by atoms with van der Waals surface area (Å²) < 4.78 is 25.9. The zero-order valence-electron chi connectivity index (χ0n) is 21.5. The number of fused-ring (bicyclic) bond motifs is 1. The Kier molecular flexibility index (Phi) is 7.75. The molecule has 0 bridgehead atoms. The number of sulfone groups is 1. The predicted octanol–water partition coefficient (Wildman–Crippen LogP) is 4.57. The number of Topliss-reactive ketones (excluding diaryl/α,β-unsaturated/α-hetero) is 1. The number of para-hydroxylation sites is 1. The highest BCUT2D eigenvalue weighted by atomic mass is 32.2. The number of H-pyrrole nitrogens is 1. The fraction of sp³-hybridized carbons (Fsp3) is 0.321. The van der Waals surface area contributed by atoms with Gasteiger partial charge in [-0.2, -0.15) is 0 Å². The predicted molar refractivity (Wildman–Crippen MR) is 147 cm³/mol. The molecule has 9 heteroatoms. The number of aromatic nitrogens is 3. The maximum absolute atomic E-state index is 12.9. The van der Waals surface area contributed by atoms with Crippen LogP contribution in [0, 0.1) is 5.92 Å². The number of rotatable bonds is 10. The zero-order valence-corrected chi connectivity index (χ0v) is 22.3. The van der Waals surface area contributed by atoms with Gasteiger partial charge in [-0.15, -0.1) is 0 Å². The van der Waals surface area contributed by atoms with Gasteiger partial charge in [-0.1, -0.05) is 50.2 Å². The van der Waals surface area contributed by atoms with Crippen molar-refractivity contribution in [1.29, 1.82) is 0 Å². The SMILES string of the molecule is CC(C)[C@H](N)C(=O)Cc1cccc(Cc2nc(Nc3ccccc3S(=O)(=O)C(C)C)c3[nH]ccc3n2)c1. The van der Waals surface area contributed by atoms with Crippen LogP contribution in [0.15, 0.2) is 65.7 Å². The van der Waals surface area contributed by atoms with Crippen molar-refractivity contribution in [2.24, 2.45) is 11.7 Å². The Bertz CT molecular complexity index is 1530. The molecule has 4 N–H and O–H groups in total. The number of nitrogens with two attached hydrogens (primary N) is 1. The van der Waals surface area contributed by atoms with E-state index in [1.54, 1.807) is 44.3 Å². The van der Waals surface area contributed by atoms with Gasteiger partial charge in [0.2, 0.25) is 0 Å². The number of anilines is 2. The van der Waals surface area contributed by atoms with E-state index in [9.17, 15) is 13.2 Å². The van der Waals surface area contributed by atoms with Crippen LogP contribution >= 0.6 is 0 Å². The highest BCUT2D eigenvalue weighted by Gasteiger charge is 2.23. The van der Waals surface area contributed by atoms with Crippen molar-refractivity contribution in [3.63, 3.8) is 0 Å². The highest BCUT2D eigenvalue weighted by Crippen LogP contribution is 2.30. The number of nitrogens with zero attached hydrogens (tertiary/aromatic N) is 2. The summed E-state index contributed by atoms with van der Waals surface area (Å²) in [4.78, 5) is 25.3. The molecule has 0 aliphatic heterocycles. The third-order valence-corrected chi connectivity index (χ3v) is 8.55. The van der Waals surface area contributed by atoms with E-state index < -0.39 is 21.1 Å². The smallest absolute Gasteiger partial charge is 0.182 e. The van der Waals surface area contributed by atoms with Gasteiger partial charge in [0.25, 0.3) is 0 Å². The summed E-state index contributed by atoms with van der Waals surface area (Å²) >= 11 is 0. The number of ketones is 1. The second-order valence-electron chi connectivity index (χ2n) is 9.85. The van der Waals surface area contributed by atoms with Gasteiger partial charge < -0.3 is 16.0 Å². The normalized spacial score (nSPS) is 12.8. The molecule has 0 saturated heterocycles. The Morgan fingerprint density at radius 1 is 1.00 bits per heavy atom. The van der Waals surface area contributed by atoms with Crippen LogP contribution < -0.4 is 11.1 Å². The lowest BCUT2D eigenvalue weighted by Gasteiger charge is -2.15. The molecular weight excluding hydrogens is 486 g/mol. The maximum Gasteiger partial charge on any atom is 0.182 e. The summed E-state index contributed by atoms with van der Waals surface area (Å²) in [6, 6.07) is 16.0. The van der Waals surface area contributed by atoms with E-state index in [-0.39, 0.29) is 23.0 Å². The fourth-order valence-electron chi connectivity index (χ4n) is 4.09. The quantitative estimate of drug-likeness (QED) is 0.280. The van der Waals surface area contributed by atoms with Crippen molar-refractivity contribution < 1.29 is 13.2 Å². The van der Waals surface area contributed by atoms with Crippen molar-refractivity contribution in [2.45, 2.75) is 56.7 Å². The molecule has 4 aromatic rings. The lowest BCUT2D eigenvalue weighted by molar-refractivity contribution is -0.120. The van der Waals surface area contributed by atoms with Gasteiger partial charge in [0, 0.05) is 19.0 Å². The standard InChI is InChI=1S/C28H33N5O3S/c1-17(2)26(29)23(34)15-19-8-7-9-20(14-19)16-25-31-22-12-13-30-27(22)28(33-25)32-21-10-5-6-11-24(21)37(35,36)18(3)4/h5-14,17-18,26,30H,15-16,29H2,1-4H3,(H,31,32,33)/t26-/m0/s1. The van der Waals surface area contributed by atoms with Crippen LogP contribution in [0.25, 0.3) is 11.0 Å². The Morgan fingerprint density at radius 3 is 2.46 bits per heavy atom. The molecule has 2 heterocycles. The maximum atomic E-state index is 12.9. The minimum atomic E-state index is -3.51. The zero-order chi connectivity index (χ0) is 26.7. The largest absolute Gasteiger partial charge is 0.357 e. The third kappa shape index (κ3) is 5.89. The van der Waals surface area contributed by atoms with E-state index >= 15 is 0 Å². The van der Waals surface area contributed by atoms with E-state index in [1.165, 1.54) is 0 Å². The monoisotopic (exact) mass is 519 g/mol. The molecule has 8 nitrogen and oxygen atoms in total. The first-order chi connectivity index (χ1) is 17.6. The summed E-state index contributed by atoms with van der Waals surface area (Å²) in [6.45, 7) is 7.21. The first kappa shape index (κ1) is 26.5. The molecule has 37 heavy (non-hydrogen) atoms. The minimum Gasteiger partial charge on any atom is -0.357 e. The van der Waals surface area contributed by atoms with Crippen LogP contribution in [0.2, 0.25) is 0 Å². The first-order valence-corrected chi connectivity index (χ1v) is 13.9. The molecule has 1 atom stereocenters. The van der Waals surface area contributed by atoms with E-state index in [4.69, 9.17) is 10.7 Å². The summed E-state index contributed by atoms with van der Waals surface area (Å²) in [5.41, 5.74) is 9.74. The van der Waals surface area contributed by atoms with E-state index in [0.717, 1.165) is 11.1 Å². The summed E-state index contributed by atoms with van der Waals surface area (Å²) in [6.07, 6.45) is 2.49. The number of hydrogen-bond donors (Lipinski definition) is 3. The van der Waals surface area contributed by atoms with Gasteiger partial charge in [-0.05, 0) is 49.1 Å². The fourth-order valence-corrected chi connectivity index (χ4v) is 5.29. The molecule has 0 radical (unpaired) electrons. The van der Waals surface area contributed by atoms with Crippen LogP contribution in [0.5, 0.6) is 0 Å². The second kappa shape index (κ2) is 10.8. The second-order valence-corrected chi connectivity index (χ2v) is 12.3. The molecule has 2 aromatic carbocycles. The molecule has 0 saturated carbocycles. The molecule has 4 rings (SSSR count). The van der Waals surface area contributed by atoms with Gasteiger partial charge in [-0.3, -0.25) is 4.79 Å². The van der Waals surface area contributed by atoms with Gasteiger partial charge in [0.1, 0.15) is 11.3 Å². The number of nitrogens with one attached hydrogen (secondary N) is 2. The third-order valence-electron chi connectivity index (χ3n) is 6.34. The molecular formula is C28H33N5O3S. The molecule has 0 aliphatic carbocycles. The molecule has 0 amide bonds. The van der Waals surface area contributed by atoms with Crippen molar-refractivity contribution in [3.8, 4) is 0 Å². The van der Waals surface area contributed by atoms with E-state index in [2.05, 4.69) is 15.3 Å². The van der Waals surface area contributed by atoms with Crippen LogP contribution in [0.4, 0.5) is 11.5 Å². The van der Waals surface area contributed by atoms with Gasteiger partial charge >= 0.3 is 0 Å². The molecule has 0 spiro atoms. The van der Waals surface area contributed by atoms with E-state index in [1.807, 2.05) is 44.2 Å². The molecule has 2 aromatic heterocycles. The molecule has 0 fully saturated rings. The molecule has 0 unspecified atom stereocenters. The van der Waals surface area contributed by atoms with Crippen LogP contribution in [0.3, 0.4) is 0 Å². The van der Waals surface area contributed by atoms with Crippen molar-refractivity contribution in [3.05, 3.63) is 77.7 Å². The summed E-state index contributed by atoms with van der Waals surface area (Å²) in [5.74, 6) is 1.16. The highest BCUT2D eigenvalue weighted by molar-refractivity contribution is 7.92. The Balaban J connectivity index is 1.64. The average Bonchev–Trinajstić information content (AvgIpc) is 3.33. The first-order valence-electron chi connectivity index (χ1n) is 12.4. The van der Waals surface area contributed by atoms with Gasteiger partial charge in [-0.25, -0.2) is 18.4 Å². The minimum absolute atomic E-state index is 0.0126. The van der Waals surface area contributed by atoms with Crippen LogP contribution in [-0.2, 0) is 27.5 Å². The van der Waals surface area contributed by atoms with Gasteiger partial charge in [0.05, 0.1) is 27.4 Å². The summed E-state index contributed by atoms with van der Waals surface area (Å²) in [5, 5.41) is 2.67. The van der Waals surface area contributed by atoms with Crippen LogP contribution in [0.1, 0.15) is 44.6 Å². The molecule has 0 aliphatic rings. The van der Waals surface area contributed by atoms with E-state index in [0.29, 0.717) is 34.8 Å². The number of benzene rings is 2. The van der Waals surface area contributed by atoms with Crippen molar-refractivity contribution in [1.82, 2.24) is 15.0 Å². The number of hydrogen-bond acceptors (Lipinski definition) is 7. The number of carbonyl (C=O) groups is 1. The summed E-state index contributed by atoms with van der Waals surface area (Å²) in [7, 11) is -3.51. The van der Waals surface area contributed by atoms with Crippen LogP contribution in [-0.4, -0.2) is 40.4 Å². The lowest BCUT2D eigenvalue weighted by atomic mass is 9.95. The number of carbonyl (C=O) groups excluding carboxylic acids is 1. The van der Waals surface area contributed by atoms with Gasteiger partial charge in [0.15, 0.2) is 21.4 Å². The average molecular weight is 520 g/mol. The number of aromatic amines is 1. The Labute approximate surface area is 217 Å².